The molecule has 0 bridgehead atoms. The first-order chi connectivity index (χ1) is 23.8. The minimum Gasteiger partial charge on any atom is -0.310 e. The number of para-hydroxylation sites is 1. The summed E-state index contributed by atoms with van der Waals surface area (Å²) in [7, 11) is 0. The largest absolute Gasteiger partial charge is 0.310 e. The van der Waals surface area contributed by atoms with Crippen molar-refractivity contribution in [3.05, 3.63) is 194 Å². The molecule has 0 aliphatic heterocycles. The number of rotatable bonds is 6. The highest BCUT2D eigenvalue weighted by atomic mass is 15.1. The molecule has 9 aromatic rings. The van der Waals surface area contributed by atoms with Gasteiger partial charge in [-0.05, 0) is 76.2 Å². The van der Waals surface area contributed by atoms with E-state index in [0.717, 1.165) is 22.7 Å². The van der Waals surface area contributed by atoms with Crippen LogP contribution in [0.4, 0.5) is 17.1 Å². The Labute approximate surface area is 280 Å². The van der Waals surface area contributed by atoms with Crippen molar-refractivity contribution in [2.45, 2.75) is 0 Å². The van der Waals surface area contributed by atoms with Crippen LogP contribution in [0, 0.1) is 0 Å². The average molecular weight is 613 g/mol. The van der Waals surface area contributed by atoms with Crippen LogP contribution < -0.4 is 4.90 Å². The third-order valence-electron chi connectivity index (χ3n) is 9.35. The van der Waals surface area contributed by atoms with Crippen LogP contribution in [0.1, 0.15) is 0 Å². The fraction of sp³-hybridized carbons (Fsp3) is 0. The molecule has 0 saturated heterocycles. The monoisotopic (exact) mass is 612 g/mol. The molecule has 2 heteroatoms. The van der Waals surface area contributed by atoms with Crippen LogP contribution in [-0.4, -0.2) is 4.57 Å². The van der Waals surface area contributed by atoms with Crippen LogP contribution in [0.5, 0.6) is 0 Å². The van der Waals surface area contributed by atoms with Gasteiger partial charge in [0.25, 0.3) is 0 Å². The van der Waals surface area contributed by atoms with Gasteiger partial charge in [0.2, 0.25) is 0 Å². The molecule has 48 heavy (non-hydrogen) atoms. The molecule has 1 aromatic heterocycles. The highest BCUT2D eigenvalue weighted by Crippen LogP contribution is 2.44. The molecule has 8 aromatic carbocycles. The summed E-state index contributed by atoms with van der Waals surface area (Å²) < 4.78 is 2.42. The van der Waals surface area contributed by atoms with E-state index in [1.807, 2.05) is 0 Å². The molecule has 0 N–H and O–H groups in total. The quantitative estimate of drug-likeness (QED) is 0.181. The van der Waals surface area contributed by atoms with Gasteiger partial charge < -0.3 is 9.47 Å². The van der Waals surface area contributed by atoms with Crippen molar-refractivity contribution in [1.29, 1.82) is 0 Å². The lowest BCUT2D eigenvalue weighted by atomic mass is 9.99. The van der Waals surface area contributed by atoms with Gasteiger partial charge in [-0.1, -0.05) is 146 Å². The highest BCUT2D eigenvalue weighted by molar-refractivity contribution is 6.16. The smallest absolute Gasteiger partial charge is 0.0562 e. The molecule has 0 amide bonds. The summed E-state index contributed by atoms with van der Waals surface area (Å²) >= 11 is 0. The van der Waals surface area contributed by atoms with Crippen molar-refractivity contribution in [1.82, 2.24) is 4.57 Å². The van der Waals surface area contributed by atoms with Gasteiger partial charge in [0, 0.05) is 33.2 Å². The van der Waals surface area contributed by atoms with Gasteiger partial charge >= 0.3 is 0 Å². The molecule has 0 radical (unpaired) electrons. The fourth-order valence-electron chi connectivity index (χ4n) is 7.19. The first-order valence-electron chi connectivity index (χ1n) is 16.4. The maximum atomic E-state index is 2.42. The number of hydrogen-bond donors (Lipinski definition) is 0. The van der Waals surface area contributed by atoms with Crippen LogP contribution in [0.2, 0.25) is 0 Å². The lowest BCUT2D eigenvalue weighted by Gasteiger charge is -2.27. The van der Waals surface area contributed by atoms with Crippen LogP contribution in [0.15, 0.2) is 194 Å². The number of aromatic nitrogens is 1. The molecule has 226 valence electrons. The van der Waals surface area contributed by atoms with Crippen LogP contribution in [0.3, 0.4) is 0 Å². The molecule has 0 spiro atoms. The Morgan fingerprint density at radius 2 is 1.00 bits per heavy atom. The predicted molar refractivity (Wildman–Crippen MR) is 204 cm³/mol. The molecular formula is C46H32N2. The van der Waals surface area contributed by atoms with Gasteiger partial charge in [-0.15, -0.1) is 0 Å². The van der Waals surface area contributed by atoms with E-state index in [4.69, 9.17) is 0 Å². The van der Waals surface area contributed by atoms with Crippen molar-refractivity contribution < 1.29 is 0 Å². The summed E-state index contributed by atoms with van der Waals surface area (Å²) in [5.41, 5.74) is 11.7. The second-order valence-corrected chi connectivity index (χ2v) is 12.2. The molecule has 0 fully saturated rings. The van der Waals surface area contributed by atoms with Crippen LogP contribution in [0.25, 0.3) is 60.5 Å². The summed E-state index contributed by atoms with van der Waals surface area (Å²) in [4.78, 5) is 2.42. The third kappa shape index (κ3) is 4.74. The average Bonchev–Trinajstić information content (AvgIpc) is 3.50. The minimum absolute atomic E-state index is 1.10. The van der Waals surface area contributed by atoms with Gasteiger partial charge in [0.05, 0.1) is 16.7 Å². The molecule has 0 aliphatic rings. The Morgan fingerprint density at radius 3 is 1.81 bits per heavy atom. The normalized spacial score (nSPS) is 11.3. The maximum Gasteiger partial charge on any atom is 0.0562 e. The summed E-state index contributed by atoms with van der Waals surface area (Å²) in [5.74, 6) is 0. The van der Waals surface area contributed by atoms with Crippen molar-refractivity contribution in [2.24, 2.45) is 0 Å². The van der Waals surface area contributed by atoms with E-state index in [9.17, 15) is 0 Å². The fourth-order valence-corrected chi connectivity index (χ4v) is 7.19. The lowest BCUT2D eigenvalue weighted by Crippen LogP contribution is -2.10. The van der Waals surface area contributed by atoms with E-state index in [1.54, 1.807) is 0 Å². The number of fused-ring (bicyclic) bond motifs is 4. The molecule has 0 unspecified atom stereocenters. The lowest BCUT2D eigenvalue weighted by molar-refractivity contribution is 1.18. The molecule has 0 aliphatic carbocycles. The van der Waals surface area contributed by atoms with Crippen molar-refractivity contribution >= 4 is 49.6 Å². The molecule has 1 heterocycles. The van der Waals surface area contributed by atoms with E-state index in [0.29, 0.717) is 0 Å². The van der Waals surface area contributed by atoms with Gasteiger partial charge in [-0.2, -0.15) is 0 Å². The zero-order valence-electron chi connectivity index (χ0n) is 26.4. The van der Waals surface area contributed by atoms with E-state index < -0.39 is 0 Å². The summed E-state index contributed by atoms with van der Waals surface area (Å²) in [6.07, 6.45) is 0. The Balaban J connectivity index is 1.34. The minimum atomic E-state index is 1.10. The first kappa shape index (κ1) is 27.9. The Hall–Kier alpha value is -6.38. The van der Waals surface area contributed by atoms with Crippen LogP contribution >= 0.6 is 0 Å². The van der Waals surface area contributed by atoms with Gasteiger partial charge in [-0.3, -0.25) is 0 Å². The molecule has 9 rings (SSSR count). The van der Waals surface area contributed by atoms with E-state index in [-0.39, 0.29) is 0 Å². The molecule has 0 atom stereocenters. The Bertz CT molecular complexity index is 2540. The zero-order chi connectivity index (χ0) is 31.9. The number of benzene rings is 8. The van der Waals surface area contributed by atoms with Gasteiger partial charge in [-0.25, -0.2) is 0 Å². The van der Waals surface area contributed by atoms with E-state index in [1.165, 1.54) is 54.8 Å². The van der Waals surface area contributed by atoms with E-state index >= 15 is 0 Å². The second-order valence-electron chi connectivity index (χ2n) is 12.2. The predicted octanol–water partition coefficient (Wildman–Crippen LogP) is 12.7. The third-order valence-corrected chi connectivity index (χ3v) is 9.35. The SMILES string of the molecule is c1ccc(-c2cccc(N(c3ccc4c5c(-c6ccccc6)cccc5n(-c5ccccc5)c4c3)c3cccc4ccccc34)c2)cc1. The first-order valence-corrected chi connectivity index (χ1v) is 16.4. The van der Waals surface area contributed by atoms with Crippen molar-refractivity contribution in [3.8, 4) is 27.9 Å². The molecule has 2 nitrogen and oxygen atoms in total. The van der Waals surface area contributed by atoms with Gasteiger partial charge in [0.1, 0.15) is 0 Å². The zero-order valence-corrected chi connectivity index (χ0v) is 26.4. The number of hydrogen-bond acceptors (Lipinski definition) is 1. The number of nitrogens with zero attached hydrogens (tertiary/aromatic N) is 2. The van der Waals surface area contributed by atoms with Gasteiger partial charge in [0.15, 0.2) is 0 Å². The van der Waals surface area contributed by atoms with Crippen molar-refractivity contribution in [3.63, 3.8) is 0 Å². The van der Waals surface area contributed by atoms with Crippen LogP contribution in [-0.2, 0) is 0 Å². The van der Waals surface area contributed by atoms with Crippen molar-refractivity contribution in [2.75, 3.05) is 4.90 Å². The summed E-state index contributed by atoms with van der Waals surface area (Å²) in [5, 5.41) is 4.91. The standard InChI is InChI=1S/C46H32N2/c1-4-15-33(16-5-1)36-21-12-24-38(31-36)47(43-27-13-20-34-19-10-11-25-40(34)43)39-29-30-42-45(32-39)48(37-22-8-3-9-23-37)44-28-14-26-41(46(42)44)35-17-6-2-7-18-35/h1-32H. The topological polar surface area (TPSA) is 8.17 Å². The molecular weight excluding hydrogens is 581 g/mol. The molecule has 0 saturated carbocycles. The Morgan fingerprint density at radius 1 is 0.375 bits per heavy atom. The second kappa shape index (κ2) is 11.8. The Kier molecular flexibility index (Phi) is 6.84. The van der Waals surface area contributed by atoms with E-state index in [2.05, 4.69) is 204 Å². The maximum absolute atomic E-state index is 2.42. The highest BCUT2D eigenvalue weighted by Gasteiger charge is 2.21. The summed E-state index contributed by atoms with van der Waals surface area (Å²) in [6.45, 7) is 0. The summed E-state index contributed by atoms with van der Waals surface area (Å²) in [6, 6.07) is 69.9. The number of anilines is 3.